The molecule has 0 saturated heterocycles. The van der Waals surface area contributed by atoms with Crippen molar-refractivity contribution in [3.8, 4) is 5.75 Å². The molecule has 4 N–H and O–H groups in total. The van der Waals surface area contributed by atoms with Gasteiger partial charge in [0.1, 0.15) is 5.75 Å². The van der Waals surface area contributed by atoms with Crippen LogP contribution in [0.2, 0.25) is 0 Å². The van der Waals surface area contributed by atoms with E-state index >= 15 is 0 Å². The summed E-state index contributed by atoms with van der Waals surface area (Å²) in [6.07, 6.45) is 0.767. The van der Waals surface area contributed by atoms with Gasteiger partial charge in [-0.1, -0.05) is 19.1 Å². The largest absolute Gasteiger partial charge is 0.495 e. The van der Waals surface area contributed by atoms with E-state index in [1.54, 1.807) is 19.2 Å². The molecule has 0 aliphatic rings. The molecule has 0 aliphatic heterocycles. The van der Waals surface area contributed by atoms with E-state index in [0.29, 0.717) is 18.0 Å². The van der Waals surface area contributed by atoms with Crippen molar-refractivity contribution >= 4 is 11.7 Å². The number of carbonyl (C=O) groups excluding carboxylic acids is 1. The molecule has 0 saturated carbocycles. The van der Waals surface area contributed by atoms with Gasteiger partial charge in [-0.2, -0.15) is 0 Å². The zero-order chi connectivity index (χ0) is 13.6. The number of nitrogens with one attached hydrogen (secondary N) is 2. The topological polar surface area (TPSA) is 76.4 Å². The molecule has 100 valence electrons. The lowest BCUT2D eigenvalue weighted by Gasteiger charge is -2.28. The third kappa shape index (κ3) is 3.63. The van der Waals surface area contributed by atoms with Gasteiger partial charge >= 0.3 is 6.03 Å². The summed E-state index contributed by atoms with van der Waals surface area (Å²) in [7, 11) is 1.56. The molecule has 1 aromatic carbocycles. The molecule has 5 nitrogen and oxygen atoms in total. The molecule has 18 heavy (non-hydrogen) atoms. The fourth-order valence-corrected chi connectivity index (χ4v) is 1.46. The Bertz CT molecular complexity index is 403. The molecule has 1 unspecified atom stereocenters. The highest BCUT2D eigenvalue weighted by Crippen LogP contribution is 2.23. The van der Waals surface area contributed by atoms with Gasteiger partial charge in [-0.05, 0) is 25.5 Å². The number of benzene rings is 1. The molecular formula is C13H21N3O2. The fraction of sp³-hybridized carbons (Fsp3) is 0.462. The van der Waals surface area contributed by atoms with Gasteiger partial charge in [0.25, 0.3) is 0 Å². The van der Waals surface area contributed by atoms with E-state index in [0.717, 1.165) is 6.42 Å². The molecule has 5 heteroatoms. The standard InChI is InChI=1S/C13H21N3O2/c1-4-13(2,9-14)16-12(17)15-10-7-5-6-8-11(10)18-3/h5-8H,4,9,14H2,1-3H3,(H2,15,16,17). The Hall–Kier alpha value is -1.75. The fourth-order valence-electron chi connectivity index (χ4n) is 1.46. The van der Waals surface area contributed by atoms with Gasteiger partial charge in [0.05, 0.1) is 18.3 Å². The Labute approximate surface area is 108 Å². The zero-order valence-electron chi connectivity index (χ0n) is 11.1. The molecule has 2 amide bonds. The maximum atomic E-state index is 11.9. The van der Waals surface area contributed by atoms with Gasteiger partial charge in [-0.3, -0.25) is 0 Å². The molecule has 1 rings (SSSR count). The molecule has 0 fully saturated rings. The minimum Gasteiger partial charge on any atom is -0.495 e. The van der Waals surface area contributed by atoms with Crippen LogP contribution in [-0.4, -0.2) is 25.2 Å². The van der Waals surface area contributed by atoms with Crippen molar-refractivity contribution in [3.05, 3.63) is 24.3 Å². The third-order valence-electron chi connectivity index (χ3n) is 3.00. The first-order valence-corrected chi connectivity index (χ1v) is 5.97. The summed E-state index contributed by atoms with van der Waals surface area (Å²) in [5.74, 6) is 0.624. The van der Waals surface area contributed by atoms with Crippen LogP contribution in [0.1, 0.15) is 20.3 Å². The molecule has 0 radical (unpaired) electrons. The van der Waals surface area contributed by atoms with Crippen molar-refractivity contribution in [2.45, 2.75) is 25.8 Å². The van der Waals surface area contributed by atoms with Gasteiger partial charge in [0, 0.05) is 6.54 Å². The number of ether oxygens (including phenoxy) is 1. The van der Waals surface area contributed by atoms with Crippen LogP contribution >= 0.6 is 0 Å². The lowest BCUT2D eigenvalue weighted by molar-refractivity contribution is 0.238. The number of hydrogen-bond acceptors (Lipinski definition) is 3. The first-order chi connectivity index (χ1) is 8.54. The number of nitrogens with two attached hydrogens (primary N) is 1. The Balaban J connectivity index is 2.70. The van der Waals surface area contributed by atoms with Crippen LogP contribution in [0.4, 0.5) is 10.5 Å². The van der Waals surface area contributed by atoms with Crippen molar-refractivity contribution < 1.29 is 9.53 Å². The number of anilines is 1. The number of urea groups is 1. The van der Waals surface area contributed by atoms with E-state index in [1.165, 1.54) is 0 Å². The van der Waals surface area contributed by atoms with Crippen LogP contribution in [0.15, 0.2) is 24.3 Å². The average Bonchev–Trinajstić information content (AvgIpc) is 2.39. The molecule has 0 bridgehead atoms. The van der Waals surface area contributed by atoms with E-state index in [-0.39, 0.29) is 6.03 Å². The average molecular weight is 251 g/mol. The summed E-state index contributed by atoms with van der Waals surface area (Å²) in [6.45, 7) is 4.29. The number of rotatable bonds is 5. The summed E-state index contributed by atoms with van der Waals surface area (Å²) in [5.41, 5.74) is 5.88. The maximum absolute atomic E-state index is 11.9. The first kappa shape index (κ1) is 14.3. The van der Waals surface area contributed by atoms with E-state index in [2.05, 4.69) is 10.6 Å². The van der Waals surface area contributed by atoms with Crippen molar-refractivity contribution in [2.75, 3.05) is 19.0 Å². The summed E-state index contributed by atoms with van der Waals surface area (Å²) < 4.78 is 5.16. The van der Waals surface area contributed by atoms with Crippen LogP contribution in [-0.2, 0) is 0 Å². The van der Waals surface area contributed by atoms with Crippen LogP contribution in [0.25, 0.3) is 0 Å². The molecular weight excluding hydrogens is 230 g/mol. The number of amides is 2. The second kappa shape index (κ2) is 6.26. The van der Waals surface area contributed by atoms with Crippen LogP contribution < -0.4 is 21.1 Å². The highest BCUT2D eigenvalue weighted by Gasteiger charge is 2.22. The highest BCUT2D eigenvalue weighted by molar-refractivity contribution is 5.91. The number of methoxy groups -OCH3 is 1. The third-order valence-corrected chi connectivity index (χ3v) is 3.00. The second-order valence-corrected chi connectivity index (χ2v) is 4.40. The van der Waals surface area contributed by atoms with E-state index in [9.17, 15) is 4.79 Å². The monoisotopic (exact) mass is 251 g/mol. The summed E-state index contributed by atoms with van der Waals surface area (Å²) in [5, 5.41) is 5.62. The lowest BCUT2D eigenvalue weighted by atomic mass is 10.00. The quantitative estimate of drug-likeness (QED) is 0.748. The summed E-state index contributed by atoms with van der Waals surface area (Å²) >= 11 is 0. The number of para-hydroxylation sites is 2. The smallest absolute Gasteiger partial charge is 0.319 e. The predicted octanol–water partition coefficient (Wildman–Crippen LogP) is 1.94. The molecule has 0 spiro atoms. The number of carbonyl (C=O) groups is 1. The summed E-state index contributed by atoms with van der Waals surface area (Å²) in [4.78, 5) is 11.9. The molecule has 1 atom stereocenters. The molecule has 0 aliphatic carbocycles. The van der Waals surface area contributed by atoms with Crippen molar-refractivity contribution in [1.29, 1.82) is 0 Å². The minimum absolute atomic E-state index is 0.283. The Kier molecular flexibility index (Phi) is 4.97. The predicted molar refractivity (Wildman–Crippen MR) is 72.9 cm³/mol. The highest BCUT2D eigenvalue weighted by atomic mass is 16.5. The van der Waals surface area contributed by atoms with Crippen LogP contribution in [0, 0.1) is 0 Å². The normalized spacial score (nSPS) is 13.6. The Morgan fingerprint density at radius 3 is 2.67 bits per heavy atom. The molecule has 1 aromatic rings. The van der Waals surface area contributed by atoms with Gasteiger partial charge in [0.2, 0.25) is 0 Å². The maximum Gasteiger partial charge on any atom is 0.319 e. The van der Waals surface area contributed by atoms with Crippen LogP contribution in [0.3, 0.4) is 0 Å². The van der Waals surface area contributed by atoms with Crippen molar-refractivity contribution in [1.82, 2.24) is 5.32 Å². The van der Waals surface area contributed by atoms with E-state index in [4.69, 9.17) is 10.5 Å². The van der Waals surface area contributed by atoms with Gasteiger partial charge < -0.3 is 21.1 Å². The van der Waals surface area contributed by atoms with Gasteiger partial charge in [0.15, 0.2) is 0 Å². The van der Waals surface area contributed by atoms with Gasteiger partial charge in [-0.15, -0.1) is 0 Å². The first-order valence-electron chi connectivity index (χ1n) is 5.97. The van der Waals surface area contributed by atoms with Crippen LogP contribution in [0.5, 0.6) is 5.75 Å². The van der Waals surface area contributed by atoms with E-state index < -0.39 is 5.54 Å². The SMILES string of the molecule is CCC(C)(CN)NC(=O)Nc1ccccc1OC. The van der Waals surface area contributed by atoms with Crippen molar-refractivity contribution in [2.24, 2.45) is 5.73 Å². The van der Waals surface area contributed by atoms with Crippen molar-refractivity contribution in [3.63, 3.8) is 0 Å². The Morgan fingerprint density at radius 1 is 1.44 bits per heavy atom. The summed E-state index contributed by atoms with van der Waals surface area (Å²) in [6, 6.07) is 6.97. The zero-order valence-corrected chi connectivity index (χ0v) is 11.1. The molecule has 0 aromatic heterocycles. The van der Waals surface area contributed by atoms with E-state index in [1.807, 2.05) is 26.0 Å². The molecule has 0 heterocycles. The second-order valence-electron chi connectivity index (χ2n) is 4.40. The minimum atomic E-state index is -0.397. The number of hydrogen-bond donors (Lipinski definition) is 3. The van der Waals surface area contributed by atoms with Gasteiger partial charge in [-0.25, -0.2) is 4.79 Å². The lowest BCUT2D eigenvalue weighted by Crippen LogP contribution is -2.52. The Morgan fingerprint density at radius 2 is 2.11 bits per heavy atom.